The maximum absolute atomic E-state index is 11.9. The molecule has 2 aromatic rings. The first-order valence-electron chi connectivity index (χ1n) is 7.76. The molecular formula is C10H14N8O10P2. The van der Waals surface area contributed by atoms with Gasteiger partial charge in [-0.3, -0.25) is 18.9 Å². The van der Waals surface area contributed by atoms with E-state index in [0.29, 0.717) is 0 Å². The van der Waals surface area contributed by atoms with Gasteiger partial charge in [0.15, 0.2) is 17.4 Å². The molecule has 0 aliphatic carbocycles. The summed E-state index contributed by atoms with van der Waals surface area (Å²) in [5.74, 6) is -0.246. The van der Waals surface area contributed by atoms with Gasteiger partial charge in [-0.1, -0.05) is 5.11 Å². The molecule has 18 nitrogen and oxygen atoms in total. The van der Waals surface area contributed by atoms with Crippen LogP contribution in [0.1, 0.15) is 6.23 Å². The monoisotopic (exact) mass is 468 g/mol. The van der Waals surface area contributed by atoms with Crippen molar-refractivity contribution in [3.8, 4) is 0 Å². The second kappa shape index (κ2) is 8.05. The van der Waals surface area contributed by atoms with Crippen molar-refractivity contribution in [3.05, 3.63) is 27.1 Å². The number of nitrogens with two attached hydrogens (primary N) is 1. The Morgan fingerprint density at radius 3 is 2.77 bits per heavy atom. The number of aromatic nitrogens is 4. The molecule has 5 atom stereocenters. The number of nitrogens with zero attached hydrogens (tertiary/aromatic N) is 6. The number of aromatic amines is 1. The zero-order chi connectivity index (χ0) is 22.3. The SMILES string of the molecule is [N-]=[N+]=NC1C(O)[C@H](n2cnc3c(=O)[nH]c(N)nc32)O[C@@H]1COP(=O)(O)OP(=O)(O)O. The van der Waals surface area contributed by atoms with Gasteiger partial charge in [0.05, 0.1) is 25.1 Å². The molecule has 7 N–H and O–H groups in total. The number of hydrogen-bond donors (Lipinski definition) is 6. The predicted octanol–water partition coefficient (Wildman–Crippen LogP) is -1.13. The zero-order valence-corrected chi connectivity index (χ0v) is 16.3. The maximum Gasteiger partial charge on any atom is 0.481 e. The minimum absolute atomic E-state index is 0.0702. The van der Waals surface area contributed by atoms with Crippen LogP contribution in [0.15, 0.2) is 16.2 Å². The lowest BCUT2D eigenvalue weighted by Gasteiger charge is -2.18. The molecule has 1 aliphatic rings. The van der Waals surface area contributed by atoms with Crippen LogP contribution in [0.3, 0.4) is 0 Å². The Bertz CT molecular complexity index is 1150. The molecule has 1 aliphatic heterocycles. The van der Waals surface area contributed by atoms with Crippen LogP contribution in [0.25, 0.3) is 21.6 Å². The Kier molecular flexibility index (Phi) is 5.99. The van der Waals surface area contributed by atoms with E-state index in [9.17, 15) is 23.9 Å². The van der Waals surface area contributed by atoms with Crippen molar-refractivity contribution in [1.29, 1.82) is 0 Å². The van der Waals surface area contributed by atoms with Crippen molar-refractivity contribution < 1.29 is 42.5 Å². The molecule has 1 fully saturated rings. The largest absolute Gasteiger partial charge is 0.481 e. The first kappa shape index (κ1) is 22.3. The molecule has 20 heteroatoms. The quantitative estimate of drug-likeness (QED) is 0.121. The number of nitrogens with one attached hydrogen (secondary N) is 1. The molecule has 3 heterocycles. The number of imidazole rings is 1. The van der Waals surface area contributed by atoms with E-state index in [1.807, 2.05) is 0 Å². The van der Waals surface area contributed by atoms with Crippen molar-refractivity contribution in [1.82, 2.24) is 19.5 Å². The van der Waals surface area contributed by atoms with E-state index >= 15 is 0 Å². The maximum atomic E-state index is 11.9. The summed E-state index contributed by atoms with van der Waals surface area (Å²) in [6.07, 6.45) is -3.16. The van der Waals surface area contributed by atoms with Crippen LogP contribution in [0, 0.1) is 0 Å². The Balaban J connectivity index is 1.88. The van der Waals surface area contributed by atoms with Gasteiger partial charge >= 0.3 is 15.6 Å². The lowest BCUT2D eigenvalue weighted by molar-refractivity contribution is -0.0482. The van der Waals surface area contributed by atoms with Crippen molar-refractivity contribution >= 4 is 32.8 Å². The minimum atomic E-state index is -5.35. The molecule has 0 amide bonds. The fraction of sp³-hybridized carbons (Fsp3) is 0.500. The highest BCUT2D eigenvalue weighted by molar-refractivity contribution is 7.60. The van der Waals surface area contributed by atoms with Gasteiger partial charge in [0.25, 0.3) is 5.56 Å². The van der Waals surface area contributed by atoms with E-state index in [4.69, 9.17) is 25.8 Å². The molecule has 164 valence electrons. The Morgan fingerprint density at radius 1 is 1.43 bits per heavy atom. The molecule has 0 saturated carbocycles. The van der Waals surface area contributed by atoms with E-state index in [1.54, 1.807) is 0 Å². The Labute approximate surface area is 164 Å². The van der Waals surface area contributed by atoms with Gasteiger partial charge in [0, 0.05) is 4.91 Å². The highest BCUT2D eigenvalue weighted by Gasteiger charge is 2.46. The summed E-state index contributed by atoms with van der Waals surface area (Å²) in [6, 6.07) is -1.37. The standard InChI is InChI=1S/C10H14N8O10P2/c11-10-14-7-5(8(20)15-10)13-2-18(7)9-6(19)4(16-17-12)3(27-9)1-26-30(24,25)28-29(21,22)23/h2-4,6,9,19H,1H2,(H,24,25)(H2,21,22,23)(H3,11,14,15,20)/t3-,4?,6?,9-/m1/s1. The van der Waals surface area contributed by atoms with Crippen molar-refractivity contribution in [3.63, 3.8) is 0 Å². The van der Waals surface area contributed by atoms with Crippen LogP contribution in [0.2, 0.25) is 0 Å². The molecule has 3 rings (SSSR count). The second-order valence-corrected chi connectivity index (χ2v) is 8.69. The van der Waals surface area contributed by atoms with E-state index in [0.717, 1.165) is 10.9 Å². The molecule has 1 saturated heterocycles. The van der Waals surface area contributed by atoms with Crippen LogP contribution in [-0.4, -0.2) is 64.2 Å². The van der Waals surface area contributed by atoms with Gasteiger partial charge in [-0.25, -0.2) is 14.1 Å². The normalized spacial score (nSPS) is 26.4. The highest BCUT2D eigenvalue weighted by Crippen LogP contribution is 2.57. The minimum Gasteiger partial charge on any atom is -0.388 e. The number of phosphoric acid groups is 2. The number of hydrogen-bond acceptors (Lipinski definition) is 11. The van der Waals surface area contributed by atoms with E-state index in [-0.39, 0.29) is 17.1 Å². The van der Waals surface area contributed by atoms with Gasteiger partial charge < -0.3 is 30.3 Å². The number of aliphatic hydroxyl groups excluding tert-OH is 1. The molecule has 30 heavy (non-hydrogen) atoms. The molecule has 0 radical (unpaired) electrons. The second-order valence-electron chi connectivity index (χ2n) is 5.86. The molecule has 3 unspecified atom stereocenters. The van der Waals surface area contributed by atoms with Gasteiger partial charge in [-0.15, -0.1) is 0 Å². The highest BCUT2D eigenvalue weighted by atomic mass is 31.3. The lowest BCUT2D eigenvalue weighted by Crippen LogP contribution is -2.32. The van der Waals surface area contributed by atoms with E-state index < -0.39 is 52.3 Å². The smallest absolute Gasteiger partial charge is 0.388 e. The first-order valence-corrected chi connectivity index (χ1v) is 10.8. The first-order chi connectivity index (χ1) is 13.9. The number of fused-ring (bicyclic) bond motifs is 1. The van der Waals surface area contributed by atoms with Crippen LogP contribution in [0.5, 0.6) is 0 Å². The summed E-state index contributed by atoms with van der Waals surface area (Å²) < 4.78 is 37.1. The average Bonchev–Trinajstić information content (AvgIpc) is 3.14. The number of phosphoric ester groups is 1. The van der Waals surface area contributed by atoms with Crippen molar-refractivity contribution in [2.24, 2.45) is 5.11 Å². The topological polar surface area (TPSA) is 281 Å². The third-order valence-electron chi connectivity index (χ3n) is 3.86. The Hall–Kier alpha value is -2.36. The van der Waals surface area contributed by atoms with Gasteiger partial charge in [-0.05, 0) is 5.53 Å². The lowest BCUT2D eigenvalue weighted by atomic mass is 10.1. The molecular weight excluding hydrogens is 454 g/mol. The third-order valence-corrected chi connectivity index (χ3v) is 6.01. The van der Waals surface area contributed by atoms with Crippen molar-refractivity contribution in [2.45, 2.75) is 24.5 Å². The molecule has 2 aromatic heterocycles. The summed E-state index contributed by atoms with van der Waals surface area (Å²) in [6.45, 7) is -0.867. The number of anilines is 1. The number of nitrogen functional groups attached to an aromatic ring is 1. The number of ether oxygens (including phenoxy) is 1. The van der Waals surface area contributed by atoms with Crippen LogP contribution in [-0.2, 0) is 22.7 Å². The van der Waals surface area contributed by atoms with Crippen molar-refractivity contribution in [2.75, 3.05) is 12.3 Å². The third kappa shape index (κ3) is 4.69. The van der Waals surface area contributed by atoms with Crippen LogP contribution < -0.4 is 11.3 Å². The summed E-state index contributed by atoms with van der Waals surface area (Å²) in [5, 5.41) is 13.9. The number of rotatable bonds is 7. The Morgan fingerprint density at radius 2 is 2.13 bits per heavy atom. The summed E-state index contributed by atoms with van der Waals surface area (Å²) in [7, 11) is -10.6. The summed E-state index contributed by atoms with van der Waals surface area (Å²) >= 11 is 0. The fourth-order valence-electron chi connectivity index (χ4n) is 2.75. The summed E-state index contributed by atoms with van der Waals surface area (Å²) in [4.78, 5) is 51.0. The average molecular weight is 468 g/mol. The van der Waals surface area contributed by atoms with Crippen LogP contribution >= 0.6 is 15.6 Å². The number of H-pyrrole nitrogens is 1. The van der Waals surface area contributed by atoms with E-state index in [1.165, 1.54) is 0 Å². The van der Waals surface area contributed by atoms with Gasteiger partial charge in [0.1, 0.15) is 6.10 Å². The predicted molar refractivity (Wildman–Crippen MR) is 94.3 cm³/mol. The van der Waals surface area contributed by atoms with Gasteiger partial charge in [0.2, 0.25) is 5.95 Å². The number of aliphatic hydroxyl groups is 1. The van der Waals surface area contributed by atoms with Gasteiger partial charge in [-0.2, -0.15) is 9.29 Å². The fourth-order valence-corrected chi connectivity index (χ4v) is 4.35. The zero-order valence-electron chi connectivity index (χ0n) is 14.5. The number of azide groups is 1. The van der Waals surface area contributed by atoms with Crippen LogP contribution in [0.4, 0.5) is 5.95 Å². The van der Waals surface area contributed by atoms with E-state index in [2.05, 4.69) is 33.8 Å². The molecule has 0 bridgehead atoms. The summed E-state index contributed by atoms with van der Waals surface area (Å²) in [5.41, 5.74) is 13.4. The molecule has 0 aromatic carbocycles. The molecule has 0 spiro atoms.